The SMILES string of the molecule is CCOC(=O)CCC(=O)N[C@@H](C)c1cccs1. The fraction of sp³-hybridized carbons (Fsp3) is 0.500. The van der Waals surface area contributed by atoms with Crippen LogP contribution in [0, 0.1) is 0 Å². The predicted molar refractivity (Wildman–Crippen MR) is 66.7 cm³/mol. The molecule has 1 N–H and O–H groups in total. The highest BCUT2D eigenvalue weighted by atomic mass is 32.1. The van der Waals surface area contributed by atoms with Crippen molar-refractivity contribution < 1.29 is 14.3 Å². The molecule has 0 aliphatic heterocycles. The monoisotopic (exact) mass is 255 g/mol. The zero-order valence-electron chi connectivity index (χ0n) is 10.1. The van der Waals surface area contributed by atoms with Gasteiger partial charge in [-0.15, -0.1) is 11.3 Å². The zero-order chi connectivity index (χ0) is 12.7. The molecule has 4 nitrogen and oxygen atoms in total. The summed E-state index contributed by atoms with van der Waals surface area (Å²) >= 11 is 1.60. The number of rotatable bonds is 6. The Morgan fingerprint density at radius 2 is 2.24 bits per heavy atom. The van der Waals surface area contributed by atoms with Gasteiger partial charge >= 0.3 is 5.97 Å². The summed E-state index contributed by atoms with van der Waals surface area (Å²) in [6.45, 7) is 4.02. The summed E-state index contributed by atoms with van der Waals surface area (Å²) in [4.78, 5) is 23.7. The highest BCUT2D eigenvalue weighted by Gasteiger charge is 2.12. The molecule has 0 bridgehead atoms. The molecule has 17 heavy (non-hydrogen) atoms. The first-order valence-corrected chi connectivity index (χ1v) is 6.49. The van der Waals surface area contributed by atoms with E-state index in [9.17, 15) is 9.59 Å². The molecule has 0 radical (unpaired) electrons. The van der Waals surface area contributed by atoms with Gasteiger partial charge < -0.3 is 10.1 Å². The average Bonchev–Trinajstić information content (AvgIpc) is 2.80. The van der Waals surface area contributed by atoms with Gasteiger partial charge in [0.25, 0.3) is 0 Å². The molecule has 0 aliphatic carbocycles. The number of esters is 1. The van der Waals surface area contributed by atoms with Crippen molar-refractivity contribution in [2.75, 3.05) is 6.61 Å². The van der Waals surface area contributed by atoms with Gasteiger partial charge in [0.1, 0.15) is 0 Å². The molecule has 0 aliphatic rings. The summed E-state index contributed by atoms with van der Waals surface area (Å²) in [6, 6.07) is 3.91. The Kier molecular flexibility index (Phi) is 5.69. The molecular weight excluding hydrogens is 238 g/mol. The first-order valence-electron chi connectivity index (χ1n) is 5.62. The minimum absolute atomic E-state index is 0.00954. The third kappa shape index (κ3) is 4.99. The van der Waals surface area contributed by atoms with Crippen molar-refractivity contribution >= 4 is 23.2 Å². The van der Waals surface area contributed by atoms with E-state index in [1.54, 1.807) is 18.3 Å². The van der Waals surface area contributed by atoms with E-state index >= 15 is 0 Å². The van der Waals surface area contributed by atoms with Crippen molar-refractivity contribution in [1.29, 1.82) is 0 Å². The average molecular weight is 255 g/mol. The van der Waals surface area contributed by atoms with Gasteiger partial charge in [0.2, 0.25) is 5.91 Å². The van der Waals surface area contributed by atoms with E-state index in [4.69, 9.17) is 4.74 Å². The second-order valence-electron chi connectivity index (χ2n) is 3.61. The second-order valence-corrected chi connectivity index (χ2v) is 4.59. The van der Waals surface area contributed by atoms with Crippen molar-refractivity contribution in [3.63, 3.8) is 0 Å². The third-order valence-corrected chi connectivity index (χ3v) is 3.26. The molecule has 0 fully saturated rings. The molecular formula is C12H17NO3S. The molecule has 1 aromatic rings. The lowest BCUT2D eigenvalue weighted by Gasteiger charge is -2.11. The molecule has 1 atom stereocenters. The number of ether oxygens (including phenoxy) is 1. The van der Waals surface area contributed by atoms with Gasteiger partial charge in [0.15, 0.2) is 0 Å². The molecule has 94 valence electrons. The van der Waals surface area contributed by atoms with E-state index in [2.05, 4.69) is 5.32 Å². The highest BCUT2D eigenvalue weighted by molar-refractivity contribution is 7.10. The minimum Gasteiger partial charge on any atom is -0.466 e. The Morgan fingerprint density at radius 3 is 2.82 bits per heavy atom. The Hall–Kier alpha value is -1.36. The summed E-state index contributed by atoms with van der Waals surface area (Å²) in [5, 5.41) is 4.81. The van der Waals surface area contributed by atoms with Gasteiger partial charge in [-0.3, -0.25) is 9.59 Å². The van der Waals surface area contributed by atoms with Gasteiger partial charge in [-0.05, 0) is 25.3 Å². The van der Waals surface area contributed by atoms with Crippen LogP contribution in [-0.4, -0.2) is 18.5 Å². The van der Waals surface area contributed by atoms with Crippen LogP contribution in [0.5, 0.6) is 0 Å². The van der Waals surface area contributed by atoms with Crippen molar-refractivity contribution in [3.05, 3.63) is 22.4 Å². The molecule has 1 amide bonds. The van der Waals surface area contributed by atoms with Crippen molar-refractivity contribution in [3.8, 4) is 0 Å². The number of amides is 1. The van der Waals surface area contributed by atoms with Crippen molar-refractivity contribution in [2.45, 2.75) is 32.7 Å². The van der Waals surface area contributed by atoms with E-state index in [0.717, 1.165) is 4.88 Å². The van der Waals surface area contributed by atoms with Crippen LogP contribution in [0.3, 0.4) is 0 Å². The number of thiophene rings is 1. The Morgan fingerprint density at radius 1 is 1.47 bits per heavy atom. The number of carbonyl (C=O) groups excluding carboxylic acids is 2. The van der Waals surface area contributed by atoms with Crippen LogP contribution < -0.4 is 5.32 Å². The van der Waals surface area contributed by atoms with Gasteiger partial charge in [-0.25, -0.2) is 0 Å². The largest absolute Gasteiger partial charge is 0.466 e. The van der Waals surface area contributed by atoms with Gasteiger partial charge in [-0.1, -0.05) is 6.07 Å². The molecule has 1 aromatic heterocycles. The van der Waals surface area contributed by atoms with E-state index in [0.29, 0.717) is 6.61 Å². The van der Waals surface area contributed by atoms with E-state index in [1.165, 1.54) is 0 Å². The van der Waals surface area contributed by atoms with E-state index < -0.39 is 0 Å². The third-order valence-electron chi connectivity index (χ3n) is 2.21. The lowest BCUT2D eigenvalue weighted by atomic mass is 10.2. The van der Waals surface area contributed by atoms with E-state index in [1.807, 2.05) is 24.4 Å². The number of nitrogens with one attached hydrogen (secondary N) is 1. The molecule has 0 unspecified atom stereocenters. The van der Waals surface area contributed by atoms with Gasteiger partial charge in [-0.2, -0.15) is 0 Å². The first-order chi connectivity index (χ1) is 8.13. The maximum Gasteiger partial charge on any atom is 0.306 e. The first kappa shape index (κ1) is 13.7. The summed E-state index contributed by atoms with van der Waals surface area (Å²) in [7, 11) is 0. The molecule has 1 heterocycles. The number of carbonyl (C=O) groups is 2. The quantitative estimate of drug-likeness (QED) is 0.793. The number of hydrogen-bond donors (Lipinski definition) is 1. The molecule has 5 heteroatoms. The fourth-order valence-corrected chi connectivity index (χ4v) is 2.11. The molecule has 0 saturated carbocycles. The molecule has 0 spiro atoms. The van der Waals surface area contributed by atoms with Crippen LogP contribution in [-0.2, 0) is 14.3 Å². The highest BCUT2D eigenvalue weighted by Crippen LogP contribution is 2.18. The lowest BCUT2D eigenvalue weighted by molar-refractivity contribution is -0.144. The maximum absolute atomic E-state index is 11.5. The van der Waals surface area contributed by atoms with Crippen molar-refractivity contribution in [1.82, 2.24) is 5.32 Å². The van der Waals surface area contributed by atoms with Crippen LogP contribution in [0.15, 0.2) is 17.5 Å². The molecule has 1 rings (SSSR count). The summed E-state index contributed by atoms with van der Waals surface area (Å²) in [5.74, 6) is -0.453. The smallest absolute Gasteiger partial charge is 0.306 e. The second kappa shape index (κ2) is 7.06. The van der Waals surface area contributed by atoms with Gasteiger partial charge in [0.05, 0.1) is 19.1 Å². The van der Waals surface area contributed by atoms with Crippen LogP contribution in [0.25, 0.3) is 0 Å². The summed E-state index contributed by atoms with van der Waals surface area (Å²) in [6.07, 6.45) is 0.311. The lowest BCUT2D eigenvalue weighted by Crippen LogP contribution is -2.26. The Balaban J connectivity index is 2.28. The normalized spacial score (nSPS) is 11.9. The minimum atomic E-state index is -0.327. The van der Waals surface area contributed by atoms with Gasteiger partial charge in [0, 0.05) is 11.3 Å². The summed E-state index contributed by atoms with van der Waals surface area (Å²) < 4.78 is 4.75. The summed E-state index contributed by atoms with van der Waals surface area (Å²) in [5.41, 5.74) is 0. The predicted octanol–water partition coefficient (Wildman–Crippen LogP) is 2.27. The molecule has 0 saturated heterocycles. The topological polar surface area (TPSA) is 55.4 Å². The van der Waals surface area contributed by atoms with E-state index in [-0.39, 0.29) is 30.8 Å². The Labute approximate surface area is 105 Å². The Bertz CT molecular complexity index is 362. The molecule has 0 aromatic carbocycles. The fourth-order valence-electron chi connectivity index (χ4n) is 1.37. The van der Waals surface area contributed by atoms with Crippen LogP contribution in [0.4, 0.5) is 0 Å². The van der Waals surface area contributed by atoms with Crippen molar-refractivity contribution in [2.24, 2.45) is 0 Å². The maximum atomic E-state index is 11.5. The number of hydrogen-bond acceptors (Lipinski definition) is 4. The zero-order valence-corrected chi connectivity index (χ0v) is 10.9. The standard InChI is InChI=1S/C12H17NO3S/c1-3-16-12(15)7-6-11(14)13-9(2)10-5-4-8-17-10/h4-5,8-9H,3,6-7H2,1-2H3,(H,13,14)/t9-/m0/s1. The van der Waals surface area contributed by atoms with Crippen LogP contribution >= 0.6 is 11.3 Å². The van der Waals surface area contributed by atoms with Crippen LogP contribution in [0.2, 0.25) is 0 Å². The van der Waals surface area contributed by atoms with Crippen LogP contribution in [0.1, 0.15) is 37.6 Å².